The normalized spacial score (nSPS) is 19.5. The topological polar surface area (TPSA) is 110 Å². The Morgan fingerprint density at radius 1 is 1.17 bits per heavy atom. The number of rotatable bonds is 7. The van der Waals surface area contributed by atoms with Gasteiger partial charge < -0.3 is 24.5 Å². The molecule has 0 saturated carbocycles. The predicted octanol–water partition coefficient (Wildman–Crippen LogP) is 4.09. The van der Waals surface area contributed by atoms with Crippen LogP contribution in [0.5, 0.6) is 5.75 Å². The van der Waals surface area contributed by atoms with Gasteiger partial charge in [0.05, 0.1) is 6.61 Å². The fourth-order valence-corrected chi connectivity index (χ4v) is 7.05. The first-order valence-corrected chi connectivity index (χ1v) is 14.8. The van der Waals surface area contributed by atoms with Crippen LogP contribution in [0.4, 0.5) is 4.39 Å². The molecule has 1 aliphatic carbocycles. The summed E-state index contributed by atoms with van der Waals surface area (Å²) in [6, 6.07) is 9.66. The Kier molecular flexibility index (Phi) is 7.26. The number of benzene rings is 2. The van der Waals surface area contributed by atoms with Crippen molar-refractivity contribution in [1.82, 2.24) is 15.2 Å². The molecule has 1 fully saturated rings. The SMILES string of the molecule is COCC1=C(C(=O)OC(C)(C)C)N2C(=O)C(NC(=O)COc3ccc4c(c3)CCc3c-4[nH]c4ccc(F)cc34)C2SC1. The number of esters is 1. The third-order valence-corrected chi connectivity index (χ3v) is 8.84. The number of nitrogens with one attached hydrogen (secondary N) is 2. The summed E-state index contributed by atoms with van der Waals surface area (Å²) in [7, 11) is 1.53. The average Bonchev–Trinajstić information content (AvgIpc) is 3.31. The minimum Gasteiger partial charge on any atom is -0.484 e. The third-order valence-electron chi connectivity index (χ3n) is 7.50. The number of β-lactam (4-membered cyclic amide) rings is 1. The van der Waals surface area contributed by atoms with Crippen molar-refractivity contribution in [2.24, 2.45) is 0 Å². The van der Waals surface area contributed by atoms with E-state index in [1.54, 1.807) is 39.0 Å². The lowest BCUT2D eigenvalue weighted by Crippen LogP contribution is -2.71. The van der Waals surface area contributed by atoms with Gasteiger partial charge >= 0.3 is 5.97 Å². The Bertz CT molecular complexity index is 1640. The number of ether oxygens (including phenoxy) is 3. The number of carbonyl (C=O) groups is 3. The molecule has 2 N–H and O–H groups in total. The highest BCUT2D eigenvalue weighted by Gasteiger charge is 2.54. The summed E-state index contributed by atoms with van der Waals surface area (Å²) < 4.78 is 30.4. The standard InChI is InChI=1S/C31H32FN3O6S/c1-31(2,3)41-30(38)27-17(13-39-4)15-42-29-26(28(37)35(27)29)34-24(36)14-40-19-7-9-20-16(11-19)5-8-21-22-12-18(32)6-10-23(22)33-25(20)21/h6-7,9-12,26,29,33H,5,8,13-15H2,1-4H3,(H,34,36). The van der Waals surface area contributed by atoms with Gasteiger partial charge in [-0.1, -0.05) is 0 Å². The number of fused-ring (bicyclic) bond motifs is 6. The molecule has 2 unspecified atom stereocenters. The summed E-state index contributed by atoms with van der Waals surface area (Å²) in [5.74, 6) is -0.634. The summed E-state index contributed by atoms with van der Waals surface area (Å²) in [5, 5.41) is 3.24. The van der Waals surface area contributed by atoms with Gasteiger partial charge in [-0.05, 0) is 86.7 Å². The van der Waals surface area contributed by atoms with Gasteiger partial charge in [-0.3, -0.25) is 14.5 Å². The van der Waals surface area contributed by atoms with Crippen LogP contribution in [0.15, 0.2) is 47.7 Å². The number of thioether (sulfide) groups is 1. The minimum atomic E-state index is -0.776. The molecular formula is C31H32FN3O6S. The quantitative estimate of drug-likeness (QED) is 0.314. The largest absolute Gasteiger partial charge is 0.484 e. The maximum absolute atomic E-state index is 13.8. The molecule has 2 aliphatic heterocycles. The smallest absolute Gasteiger partial charge is 0.355 e. The predicted molar refractivity (Wildman–Crippen MR) is 156 cm³/mol. The molecule has 2 atom stereocenters. The van der Waals surface area contributed by atoms with Gasteiger partial charge in [0.2, 0.25) is 0 Å². The number of aryl methyl sites for hydroxylation is 2. The fourth-order valence-electron chi connectivity index (χ4n) is 5.73. The maximum atomic E-state index is 13.8. The molecule has 3 heterocycles. The van der Waals surface area contributed by atoms with Crippen LogP contribution in [-0.2, 0) is 36.7 Å². The fraction of sp³-hybridized carbons (Fsp3) is 0.387. The zero-order valence-corrected chi connectivity index (χ0v) is 24.7. The molecule has 2 amide bonds. The summed E-state index contributed by atoms with van der Waals surface area (Å²) in [5.41, 5.74) is 5.22. The van der Waals surface area contributed by atoms with Crippen LogP contribution in [0.25, 0.3) is 22.2 Å². The summed E-state index contributed by atoms with van der Waals surface area (Å²) >= 11 is 1.46. The molecule has 0 radical (unpaired) electrons. The maximum Gasteiger partial charge on any atom is 0.355 e. The molecule has 220 valence electrons. The lowest BCUT2D eigenvalue weighted by molar-refractivity contribution is -0.159. The van der Waals surface area contributed by atoms with Crippen LogP contribution in [0.2, 0.25) is 0 Å². The van der Waals surface area contributed by atoms with Gasteiger partial charge in [-0.2, -0.15) is 0 Å². The van der Waals surface area contributed by atoms with E-state index < -0.39 is 28.9 Å². The Labute approximate surface area is 246 Å². The zero-order chi connectivity index (χ0) is 29.8. The van der Waals surface area contributed by atoms with Crippen LogP contribution in [-0.4, -0.2) is 70.8 Å². The van der Waals surface area contributed by atoms with Gasteiger partial charge in [0.1, 0.15) is 34.3 Å². The Hall–Kier alpha value is -3.83. The highest BCUT2D eigenvalue weighted by molar-refractivity contribution is 8.00. The number of halogens is 1. The highest BCUT2D eigenvalue weighted by Crippen LogP contribution is 2.41. The lowest BCUT2D eigenvalue weighted by Gasteiger charge is -2.49. The van der Waals surface area contributed by atoms with Crippen molar-refractivity contribution in [2.75, 3.05) is 26.1 Å². The monoisotopic (exact) mass is 593 g/mol. The van der Waals surface area contributed by atoms with E-state index in [0.717, 1.165) is 46.1 Å². The second kappa shape index (κ2) is 10.8. The number of H-pyrrole nitrogens is 1. The number of nitrogens with zero attached hydrogens (tertiary/aromatic N) is 1. The van der Waals surface area contributed by atoms with E-state index in [1.807, 2.05) is 12.1 Å². The first-order chi connectivity index (χ1) is 20.0. The van der Waals surface area contributed by atoms with Crippen molar-refractivity contribution in [1.29, 1.82) is 0 Å². The van der Waals surface area contributed by atoms with E-state index in [4.69, 9.17) is 14.2 Å². The van der Waals surface area contributed by atoms with Crippen LogP contribution in [0.3, 0.4) is 0 Å². The number of aromatic nitrogens is 1. The Balaban J connectivity index is 1.10. The number of methoxy groups -OCH3 is 1. The number of amides is 2. The molecule has 3 aliphatic rings. The first-order valence-electron chi connectivity index (χ1n) is 13.8. The summed E-state index contributed by atoms with van der Waals surface area (Å²) in [6.07, 6.45) is 1.53. The van der Waals surface area contributed by atoms with E-state index in [-0.39, 0.29) is 30.6 Å². The number of hydrogen-bond acceptors (Lipinski definition) is 7. The van der Waals surface area contributed by atoms with E-state index in [9.17, 15) is 18.8 Å². The molecule has 6 rings (SSSR count). The van der Waals surface area contributed by atoms with Gasteiger partial charge in [-0.15, -0.1) is 11.8 Å². The molecule has 2 aromatic carbocycles. The van der Waals surface area contributed by atoms with E-state index in [0.29, 0.717) is 17.1 Å². The number of aromatic amines is 1. The summed E-state index contributed by atoms with van der Waals surface area (Å²) in [6.45, 7) is 5.23. The Morgan fingerprint density at radius 3 is 2.74 bits per heavy atom. The molecule has 0 spiro atoms. The van der Waals surface area contributed by atoms with Crippen LogP contribution in [0, 0.1) is 5.82 Å². The summed E-state index contributed by atoms with van der Waals surface area (Å²) in [4.78, 5) is 43.7. The lowest BCUT2D eigenvalue weighted by atomic mass is 9.89. The van der Waals surface area contributed by atoms with E-state index in [2.05, 4.69) is 10.3 Å². The third kappa shape index (κ3) is 5.15. The van der Waals surface area contributed by atoms with Crippen molar-refractivity contribution < 1.29 is 33.0 Å². The van der Waals surface area contributed by atoms with Crippen LogP contribution < -0.4 is 10.1 Å². The average molecular weight is 594 g/mol. The van der Waals surface area contributed by atoms with Crippen molar-refractivity contribution in [3.05, 3.63) is 64.6 Å². The molecule has 42 heavy (non-hydrogen) atoms. The van der Waals surface area contributed by atoms with Crippen molar-refractivity contribution in [2.45, 2.75) is 50.6 Å². The van der Waals surface area contributed by atoms with Gasteiger partial charge in [0.25, 0.3) is 11.8 Å². The number of hydrogen-bond donors (Lipinski definition) is 2. The molecular weight excluding hydrogens is 561 g/mol. The van der Waals surface area contributed by atoms with Crippen molar-refractivity contribution in [3.63, 3.8) is 0 Å². The molecule has 9 nitrogen and oxygen atoms in total. The van der Waals surface area contributed by atoms with Crippen molar-refractivity contribution >= 4 is 40.4 Å². The van der Waals surface area contributed by atoms with E-state index >= 15 is 0 Å². The Morgan fingerprint density at radius 2 is 1.98 bits per heavy atom. The second-order valence-corrected chi connectivity index (χ2v) is 12.7. The molecule has 0 bridgehead atoms. The zero-order valence-electron chi connectivity index (χ0n) is 23.8. The van der Waals surface area contributed by atoms with Crippen LogP contribution in [0.1, 0.15) is 31.9 Å². The number of carbonyl (C=O) groups excluding carboxylic acids is 3. The molecule has 1 aromatic heterocycles. The van der Waals surface area contributed by atoms with Gasteiger partial charge in [0.15, 0.2) is 6.61 Å². The van der Waals surface area contributed by atoms with E-state index in [1.165, 1.54) is 29.8 Å². The van der Waals surface area contributed by atoms with Gasteiger partial charge in [0, 0.05) is 35.0 Å². The molecule has 11 heteroatoms. The molecule has 1 saturated heterocycles. The molecule has 3 aromatic rings. The second-order valence-electron chi connectivity index (χ2n) is 11.6. The van der Waals surface area contributed by atoms with Crippen molar-refractivity contribution in [3.8, 4) is 17.0 Å². The van der Waals surface area contributed by atoms with Crippen LogP contribution >= 0.6 is 11.8 Å². The minimum absolute atomic E-state index is 0.194. The first kappa shape index (κ1) is 28.3. The highest BCUT2D eigenvalue weighted by atomic mass is 32.2. The van der Waals surface area contributed by atoms with Gasteiger partial charge in [-0.25, -0.2) is 9.18 Å².